The number of carbonyl (C=O) groups is 1. The average molecular weight is 307 g/mol. The number of hydrogen-bond donors (Lipinski definition) is 2. The maximum Gasteiger partial charge on any atom is 0.274 e. The quantitative estimate of drug-likeness (QED) is 0.629. The molecule has 1 aliphatic heterocycles. The minimum absolute atomic E-state index is 0.0875. The number of likely N-dealkylation sites (tertiary alicyclic amines) is 1. The Hall–Kier alpha value is -1.99. The molecule has 0 saturated carbocycles. The lowest BCUT2D eigenvalue weighted by Crippen LogP contribution is -2.39. The van der Waals surface area contributed by atoms with Crippen molar-refractivity contribution in [2.24, 2.45) is 11.7 Å². The summed E-state index contributed by atoms with van der Waals surface area (Å²) in [5.74, 6) is -0.487. The van der Waals surface area contributed by atoms with Crippen molar-refractivity contribution in [3.8, 4) is 0 Å². The highest BCUT2D eigenvalue weighted by molar-refractivity contribution is 5.93. The Labute approximate surface area is 128 Å². The lowest BCUT2D eigenvalue weighted by molar-refractivity contribution is -0.385. The number of nitro benzene ring substituents is 1. The summed E-state index contributed by atoms with van der Waals surface area (Å²) < 4.78 is 0. The summed E-state index contributed by atoms with van der Waals surface area (Å²) in [7, 11) is 0. The summed E-state index contributed by atoms with van der Waals surface area (Å²) >= 11 is 0. The number of aliphatic hydroxyl groups is 1. The van der Waals surface area contributed by atoms with E-state index < -0.39 is 10.8 Å². The lowest BCUT2D eigenvalue weighted by atomic mass is 9.93. The fraction of sp³-hybridized carbons (Fsp3) is 0.533. The zero-order valence-electron chi connectivity index (χ0n) is 12.6. The Morgan fingerprint density at radius 2 is 2.32 bits per heavy atom. The van der Waals surface area contributed by atoms with Crippen molar-refractivity contribution in [3.05, 3.63) is 39.4 Å². The first-order valence-electron chi connectivity index (χ1n) is 7.36. The maximum atomic E-state index is 11.2. The van der Waals surface area contributed by atoms with Crippen LogP contribution in [0.2, 0.25) is 0 Å². The monoisotopic (exact) mass is 307 g/mol. The first-order valence-corrected chi connectivity index (χ1v) is 7.36. The molecule has 1 heterocycles. The van der Waals surface area contributed by atoms with Crippen molar-refractivity contribution in [2.45, 2.75) is 32.4 Å². The molecule has 3 N–H and O–H groups in total. The molecular weight excluding hydrogens is 286 g/mol. The van der Waals surface area contributed by atoms with Crippen LogP contribution in [0.3, 0.4) is 0 Å². The largest absolute Gasteiger partial charge is 0.393 e. The predicted octanol–water partition coefficient (Wildman–Crippen LogP) is 1.29. The maximum absolute atomic E-state index is 11.2. The van der Waals surface area contributed by atoms with Crippen LogP contribution in [0, 0.1) is 16.0 Å². The third-order valence-electron chi connectivity index (χ3n) is 4.18. The molecule has 2 atom stereocenters. The number of hydrogen-bond acceptors (Lipinski definition) is 5. The molecule has 1 saturated heterocycles. The van der Waals surface area contributed by atoms with Crippen LogP contribution >= 0.6 is 0 Å². The van der Waals surface area contributed by atoms with Gasteiger partial charge in [0.2, 0.25) is 5.91 Å². The molecule has 120 valence electrons. The van der Waals surface area contributed by atoms with Gasteiger partial charge in [0.1, 0.15) is 0 Å². The molecule has 1 aromatic carbocycles. The number of rotatable bonds is 5. The van der Waals surface area contributed by atoms with E-state index in [2.05, 4.69) is 4.90 Å². The van der Waals surface area contributed by atoms with Crippen LogP contribution in [-0.4, -0.2) is 40.0 Å². The molecule has 0 aromatic heterocycles. The van der Waals surface area contributed by atoms with Gasteiger partial charge in [-0.1, -0.05) is 6.07 Å². The number of piperidine rings is 1. The smallest absolute Gasteiger partial charge is 0.274 e. The van der Waals surface area contributed by atoms with E-state index in [1.165, 1.54) is 12.1 Å². The molecule has 22 heavy (non-hydrogen) atoms. The van der Waals surface area contributed by atoms with Gasteiger partial charge < -0.3 is 10.8 Å². The van der Waals surface area contributed by atoms with Gasteiger partial charge in [0, 0.05) is 30.3 Å². The zero-order valence-corrected chi connectivity index (χ0v) is 12.6. The number of nitrogens with two attached hydrogens (primary N) is 1. The first-order chi connectivity index (χ1) is 10.4. The molecule has 1 fully saturated rings. The molecule has 1 aliphatic rings. The molecule has 0 radical (unpaired) electrons. The van der Waals surface area contributed by atoms with Gasteiger partial charge in [-0.05, 0) is 38.3 Å². The third-order valence-corrected chi connectivity index (χ3v) is 4.18. The Morgan fingerprint density at radius 1 is 1.59 bits per heavy atom. The first kappa shape index (κ1) is 16.4. The van der Waals surface area contributed by atoms with E-state index in [1.807, 2.05) is 0 Å². The number of primary amides is 1. The molecule has 7 nitrogen and oxygen atoms in total. The van der Waals surface area contributed by atoms with Gasteiger partial charge >= 0.3 is 0 Å². The van der Waals surface area contributed by atoms with Crippen molar-refractivity contribution in [1.29, 1.82) is 0 Å². The fourth-order valence-electron chi connectivity index (χ4n) is 2.89. The van der Waals surface area contributed by atoms with Crippen LogP contribution < -0.4 is 5.73 Å². The van der Waals surface area contributed by atoms with Crippen LogP contribution in [0.15, 0.2) is 18.2 Å². The van der Waals surface area contributed by atoms with E-state index in [0.717, 1.165) is 19.4 Å². The van der Waals surface area contributed by atoms with Crippen molar-refractivity contribution < 1.29 is 14.8 Å². The van der Waals surface area contributed by atoms with Gasteiger partial charge in [-0.15, -0.1) is 0 Å². The van der Waals surface area contributed by atoms with E-state index in [4.69, 9.17) is 5.73 Å². The van der Waals surface area contributed by atoms with Crippen molar-refractivity contribution in [2.75, 3.05) is 13.1 Å². The molecule has 2 unspecified atom stereocenters. The Kier molecular flexibility index (Phi) is 5.10. The Bertz CT molecular complexity index is 574. The Morgan fingerprint density at radius 3 is 2.91 bits per heavy atom. The molecule has 1 aromatic rings. The van der Waals surface area contributed by atoms with Gasteiger partial charge in [-0.25, -0.2) is 0 Å². The number of benzene rings is 1. The molecule has 2 rings (SSSR count). The van der Waals surface area contributed by atoms with Gasteiger partial charge in [0.25, 0.3) is 5.69 Å². The van der Waals surface area contributed by atoms with Crippen LogP contribution in [0.4, 0.5) is 5.69 Å². The van der Waals surface area contributed by atoms with Crippen LogP contribution in [0.5, 0.6) is 0 Å². The minimum Gasteiger partial charge on any atom is -0.393 e. The van der Waals surface area contributed by atoms with Gasteiger partial charge in [0.05, 0.1) is 11.0 Å². The summed E-state index contributed by atoms with van der Waals surface area (Å²) in [6.45, 7) is 3.77. The molecular formula is C15H21N3O4. The summed E-state index contributed by atoms with van der Waals surface area (Å²) in [5.41, 5.74) is 5.77. The summed E-state index contributed by atoms with van der Waals surface area (Å²) in [6, 6.07) is 4.33. The standard InChI is InChI=1S/C15H21N3O4/c1-10(19)12-3-2-6-17(8-12)9-13-5-4-11(15(16)20)7-14(13)18(21)22/h4-5,7,10,12,19H,2-3,6,8-9H2,1H3,(H2,16,20). The topological polar surface area (TPSA) is 110 Å². The van der Waals surface area contributed by atoms with Crippen molar-refractivity contribution >= 4 is 11.6 Å². The molecule has 0 aliphatic carbocycles. The average Bonchev–Trinajstić information content (AvgIpc) is 2.47. The van der Waals surface area contributed by atoms with Crippen molar-refractivity contribution in [1.82, 2.24) is 4.90 Å². The van der Waals surface area contributed by atoms with E-state index in [-0.39, 0.29) is 23.3 Å². The Balaban J connectivity index is 2.18. The van der Waals surface area contributed by atoms with Crippen LogP contribution in [-0.2, 0) is 6.54 Å². The van der Waals surface area contributed by atoms with Gasteiger partial charge in [0.15, 0.2) is 0 Å². The second-order valence-corrected chi connectivity index (χ2v) is 5.84. The third kappa shape index (κ3) is 3.80. The van der Waals surface area contributed by atoms with Crippen LogP contribution in [0.1, 0.15) is 35.7 Å². The molecule has 0 spiro atoms. The van der Waals surface area contributed by atoms with Gasteiger partial charge in [-0.3, -0.25) is 19.8 Å². The van der Waals surface area contributed by atoms with Gasteiger partial charge in [-0.2, -0.15) is 0 Å². The van der Waals surface area contributed by atoms with E-state index in [9.17, 15) is 20.0 Å². The summed E-state index contributed by atoms with van der Waals surface area (Å²) in [6.07, 6.45) is 1.55. The summed E-state index contributed by atoms with van der Waals surface area (Å²) in [5, 5.41) is 20.9. The molecule has 7 heteroatoms. The highest BCUT2D eigenvalue weighted by atomic mass is 16.6. The minimum atomic E-state index is -0.679. The second kappa shape index (κ2) is 6.85. The second-order valence-electron chi connectivity index (χ2n) is 5.84. The highest BCUT2D eigenvalue weighted by Gasteiger charge is 2.25. The summed E-state index contributed by atoms with van der Waals surface area (Å²) in [4.78, 5) is 24.0. The van der Waals surface area contributed by atoms with E-state index in [1.54, 1.807) is 13.0 Å². The van der Waals surface area contributed by atoms with E-state index in [0.29, 0.717) is 18.7 Å². The normalized spacial score (nSPS) is 20.5. The fourth-order valence-corrected chi connectivity index (χ4v) is 2.89. The van der Waals surface area contributed by atoms with Crippen molar-refractivity contribution in [3.63, 3.8) is 0 Å². The molecule has 0 bridgehead atoms. The number of amides is 1. The zero-order chi connectivity index (χ0) is 16.3. The number of aliphatic hydroxyl groups excluding tert-OH is 1. The highest BCUT2D eigenvalue weighted by Crippen LogP contribution is 2.25. The van der Waals surface area contributed by atoms with E-state index >= 15 is 0 Å². The number of nitrogens with zero attached hydrogens (tertiary/aromatic N) is 2. The molecule has 1 amide bonds. The number of nitro groups is 1. The predicted molar refractivity (Wildman–Crippen MR) is 81.3 cm³/mol. The lowest BCUT2D eigenvalue weighted by Gasteiger charge is -2.34. The van der Waals surface area contributed by atoms with Crippen LogP contribution in [0.25, 0.3) is 0 Å². The number of carbonyl (C=O) groups excluding carboxylic acids is 1. The SMILES string of the molecule is CC(O)C1CCCN(Cc2ccc(C(N)=O)cc2[N+](=O)[O-])C1.